The van der Waals surface area contributed by atoms with E-state index in [4.69, 9.17) is 0 Å². The van der Waals surface area contributed by atoms with Gasteiger partial charge in [0.25, 0.3) is 5.91 Å². The largest absolute Gasteiger partial charge is 0.338 e. The van der Waals surface area contributed by atoms with Crippen LogP contribution in [0.25, 0.3) is 11.0 Å². The zero-order chi connectivity index (χ0) is 18.3. The number of benzene rings is 1. The van der Waals surface area contributed by atoms with Crippen LogP contribution in [0.1, 0.15) is 47.4 Å². The van der Waals surface area contributed by atoms with Crippen molar-refractivity contribution in [2.45, 2.75) is 45.6 Å². The number of likely N-dealkylation sites (tertiary alicyclic amines) is 2. The molecule has 2 aromatic rings. The first-order chi connectivity index (χ1) is 12.5. The number of carbonyl (C=O) groups is 1. The van der Waals surface area contributed by atoms with Crippen LogP contribution in [0.2, 0.25) is 0 Å². The van der Waals surface area contributed by atoms with Crippen molar-refractivity contribution in [1.82, 2.24) is 19.8 Å². The van der Waals surface area contributed by atoms with Gasteiger partial charge in [0.15, 0.2) is 0 Å². The minimum absolute atomic E-state index is 0.132. The number of aryl methyl sites for hydroxylation is 2. The Morgan fingerprint density at radius 2 is 1.69 bits per heavy atom. The third-order valence-corrected chi connectivity index (χ3v) is 5.78. The fourth-order valence-corrected chi connectivity index (χ4v) is 4.17. The van der Waals surface area contributed by atoms with Gasteiger partial charge in [-0.2, -0.15) is 0 Å². The number of carbonyl (C=O) groups excluding carboxylic acids is 1. The van der Waals surface area contributed by atoms with Gasteiger partial charge in [-0.15, -0.1) is 0 Å². The summed E-state index contributed by atoms with van der Waals surface area (Å²) in [6.45, 7) is 7.51. The maximum atomic E-state index is 14.1. The standard InChI is InChI=1S/C20H25FN4O/c1-13-14(2)23-19-17(11-15(21)12-18(19)22-13)20(26)25-9-5-16(6-10-25)24-7-3-4-8-24/h11-12,16H,3-10H2,1-2H3. The Morgan fingerprint density at radius 1 is 1.04 bits per heavy atom. The van der Waals surface area contributed by atoms with Crippen LogP contribution in [-0.4, -0.2) is 57.9 Å². The van der Waals surface area contributed by atoms with Gasteiger partial charge in [-0.3, -0.25) is 4.79 Å². The lowest BCUT2D eigenvalue weighted by Crippen LogP contribution is -2.46. The molecule has 2 saturated heterocycles. The molecule has 5 nitrogen and oxygen atoms in total. The second-order valence-electron chi connectivity index (χ2n) is 7.48. The highest BCUT2D eigenvalue weighted by Crippen LogP contribution is 2.25. The molecule has 0 bridgehead atoms. The summed E-state index contributed by atoms with van der Waals surface area (Å²) in [4.78, 5) is 26.4. The van der Waals surface area contributed by atoms with Crippen LogP contribution in [0.3, 0.4) is 0 Å². The van der Waals surface area contributed by atoms with Crippen molar-refractivity contribution in [2.24, 2.45) is 0 Å². The molecule has 0 N–H and O–H groups in total. The Kier molecular flexibility index (Phi) is 4.61. The van der Waals surface area contributed by atoms with E-state index in [9.17, 15) is 9.18 Å². The minimum atomic E-state index is -0.439. The molecule has 138 valence electrons. The topological polar surface area (TPSA) is 49.3 Å². The van der Waals surface area contributed by atoms with Crippen molar-refractivity contribution in [1.29, 1.82) is 0 Å². The highest BCUT2D eigenvalue weighted by molar-refractivity contribution is 6.04. The smallest absolute Gasteiger partial charge is 0.256 e. The van der Waals surface area contributed by atoms with Crippen molar-refractivity contribution in [2.75, 3.05) is 26.2 Å². The van der Waals surface area contributed by atoms with Gasteiger partial charge in [-0.1, -0.05) is 0 Å². The van der Waals surface area contributed by atoms with E-state index in [1.54, 1.807) is 0 Å². The second-order valence-corrected chi connectivity index (χ2v) is 7.48. The van der Waals surface area contributed by atoms with Crippen LogP contribution in [0, 0.1) is 19.7 Å². The number of hydrogen-bond acceptors (Lipinski definition) is 4. The van der Waals surface area contributed by atoms with Crippen LogP contribution >= 0.6 is 0 Å². The van der Waals surface area contributed by atoms with Crippen LogP contribution in [0.5, 0.6) is 0 Å². The highest BCUT2D eigenvalue weighted by atomic mass is 19.1. The first-order valence-electron chi connectivity index (χ1n) is 9.51. The molecular weight excluding hydrogens is 331 g/mol. The molecule has 2 aliphatic heterocycles. The average molecular weight is 356 g/mol. The number of amides is 1. The number of aromatic nitrogens is 2. The van der Waals surface area contributed by atoms with E-state index < -0.39 is 5.82 Å². The van der Waals surface area contributed by atoms with E-state index in [0.29, 0.717) is 22.6 Å². The first-order valence-corrected chi connectivity index (χ1v) is 9.51. The van der Waals surface area contributed by atoms with Gasteiger partial charge in [0, 0.05) is 25.2 Å². The molecule has 3 heterocycles. The normalized spacial score (nSPS) is 19.4. The van der Waals surface area contributed by atoms with Gasteiger partial charge in [0.05, 0.1) is 22.5 Å². The number of nitrogens with zero attached hydrogens (tertiary/aromatic N) is 4. The highest BCUT2D eigenvalue weighted by Gasteiger charge is 2.29. The Bertz CT molecular complexity index is 839. The molecule has 1 aromatic carbocycles. The van der Waals surface area contributed by atoms with E-state index in [2.05, 4.69) is 14.9 Å². The van der Waals surface area contributed by atoms with Crippen molar-refractivity contribution >= 4 is 16.9 Å². The molecule has 4 rings (SSSR count). The molecule has 1 amide bonds. The van der Waals surface area contributed by atoms with Crippen LogP contribution in [0.4, 0.5) is 4.39 Å². The third kappa shape index (κ3) is 3.18. The molecular formula is C20H25FN4O. The number of halogens is 1. The molecule has 0 saturated carbocycles. The Hall–Kier alpha value is -2.08. The van der Waals surface area contributed by atoms with Crippen molar-refractivity contribution in [3.8, 4) is 0 Å². The monoisotopic (exact) mass is 356 g/mol. The maximum absolute atomic E-state index is 14.1. The first kappa shape index (κ1) is 17.3. The zero-order valence-electron chi connectivity index (χ0n) is 15.5. The lowest BCUT2D eigenvalue weighted by Gasteiger charge is -2.36. The lowest BCUT2D eigenvalue weighted by atomic mass is 10.0. The predicted molar refractivity (Wildman–Crippen MR) is 98.7 cm³/mol. The van der Waals surface area contributed by atoms with E-state index in [0.717, 1.165) is 37.3 Å². The summed E-state index contributed by atoms with van der Waals surface area (Å²) < 4.78 is 14.1. The number of fused-ring (bicyclic) bond motifs is 1. The van der Waals surface area contributed by atoms with Crippen molar-refractivity contribution in [3.63, 3.8) is 0 Å². The van der Waals surface area contributed by atoms with E-state index in [-0.39, 0.29) is 5.91 Å². The molecule has 0 aliphatic carbocycles. The molecule has 26 heavy (non-hydrogen) atoms. The van der Waals surface area contributed by atoms with Gasteiger partial charge in [-0.05, 0) is 58.7 Å². The molecule has 0 unspecified atom stereocenters. The van der Waals surface area contributed by atoms with Gasteiger partial charge < -0.3 is 9.80 Å². The molecule has 6 heteroatoms. The van der Waals surface area contributed by atoms with Crippen molar-refractivity contribution in [3.05, 3.63) is 34.9 Å². The zero-order valence-corrected chi connectivity index (χ0v) is 15.5. The summed E-state index contributed by atoms with van der Waals surface area (Å²) in [5, 5.41) is 0. The molecule has 2 aliphatic rings. The van der Waals surface area contributed by atoms with E-state index in [1.807, 2.05) is 18.7 Å². The second kappa shape index (κ2) is 6.91. The Balaban J connectivity index is 1.57. The molecule has 2 fully saturated rings. The SMILES string of the molecule is Cc1nc2cc(F)cc(C(=O)N3CCC(N4CCCC4)CC3)c2nc1C. The molecule has 0 atom stereocenters. The summed E-state index contributed by atoms with van der Waals surface area (Å²) in [5.74, 6) is -0.572. The quantitative estimate of drug-likeness (QED) is 0.830. The minimum Gasteiger partial charge on any atom is -0.338 e. The number of hydrogen-bond donors (Lipinski definition) is 0. The Labute approximate surface area is 153 Å². The van der Waals surface area contributed by atoms with Gasteiger partial charge in [0.1, 0.15) is 11.3 Å². The molecule has 1 aromatic heterocycles. The van der Waals surface area contributed by atoms with Crippen molar-refractivity contribution < 1.29 is 9.18 Å². The van der Waals surface area contributed by atoms with Crippen LogP contribution < -0.4 is 0 Å². The summed E-state index contributed by atoms with van der Waals surface area (Å²) >= 11 is 0. The fraction of sp³-hybridized carbons (Fsp3) is 0.550. The van der Waals surface area contributed by atoms with Crippen LogP contribution in [-0.2, 0) is 0 Å². The Morgan fingerprint density at radius 3 is 2.38 bits per heavy atom. The molecule has 0 radical (unpaired) electrons. The lowest BCUT2D eigenvalue weighted by molar-refractivity contribution is 0.0646. The number of rotatable bonds is 2. The van der Waals surface area contributed by atoms with E-state index in [1.165, 1.54) is 38.1 Å². The van der Waals surface area contributed by atoms with Gasteiger partial charge in [-0.25, -0.2) is 14.4 Å². The predicted octanol–water partition coefficient (Wildman–Crippen LogP) is 3.09. The summed E-state index contributed by atoms with van der Waals surface area (Å²) in [7, 11) is 0. The van der Waals surface area contributed by atoms with Gasteiger partial charge >= 0.3 is 0 Å². The number of piperidine rings is 1. The van der Waals surface area contributed by atoms with E-state index >= 15 is 0 Å². The molecule has 0 spiro atoms. The van der Waals surface area contributed by atoms with Gasteiger partial charge in [0.2, 0.25) is 0 Å². The summed E-state index contributed by atoms with van der Waals surface area (Å²) in [6.07, 6.45) is 4.54. The fourth-order valence-electron chi connectivity index (χ4n) is 4.17. The third-order valence-electron chi connectivity index (χ3n) is 5.78. The van der Waals surface area contributed by atoms with Crippen LogP contribution in [0.15, 0.2) is 12.1 Å². The average Bonchev–Trinajstić information content (AvgIpc) is 3.17. The summed E-state index contributed by atoms with van der Waals surface area (Å²) in [5.41, 5.74) is 2.80. The maximum Gasteiger partial charge on any atom is 0.256 e. The summed E-state index contributed by atoms with van der Waals surface area (Å²) in [6, 6.07) is 3.24.